The van der Waals surface area contributed by atoms with Crippen molar-refractivity contribution in [3.63, 3.8) is 0 Å². The van der Waals surface area contributed by atoms with Gasteiger partial charge in [0.15, 0.2) is 0 Å². The number of ether oxygens (including phenoxy) is 1. The molecule has 0 fully saturated rings. The highest BCUT2D eigenvalue weighted by atomic mass is 32.2. The molecule has 0 unspecified atom stereocenters. The molecule has 2 rings (SSSR count). The van der Waals surface area contributed by atoms with Crippen LogP contribution in [0.25, 0.3) is 0 Å². The van der Waals surface area contributed by atoms with Gasteiger partial charge in [-0.25, -0.2) is 4.98 Å². The van der Waals surface area contributed by atoms with Crippen molar-refractivity contribution in [1.82, 2.24) is 4.98 Å². The number of anilines is 1. The molecule has 1 heterocycles. The molecule has 0 amide bonds. The van der Waals surface area contributed by atoms with Crippen molar-refractivity contribution in [2.24, 2.45) is 0 Å². The Labute approximate surface area is 103 Å². The molecule has 16 heavy (non-hydrogen) atoms. The zero-order chi connectivity index (χ0) is 11.4. The van der Waals surface area contributed by atoms with E-state index in [1.165, 1.54) is 0 Å². The van der Waals surface area contributed by atoms with E-state index in [0.717, 1.165) is 27.1 Å². The number of thioether (sulfide) groups is 1. The van der Waals surface area contributed by atoms with Crippen molar-refractivity contribution < 1.29 is 4.74 Å². The van der Waals surface area contributed by atoms with Gasteiger partial charge in [0, 0.05) is 28.6 Å². The number of nitrogens with zero attached hydrogens (tertiary/aromatic N) is 1. The van der Waals surface area contributed by atoms with Crippen molar-refractivity contribution in [2.75, 3.05) is 12.8 Å². The van der Waals surface area contributed by atoms with Gasteiger partial charge in [0.2, 0.25) is 0 Å². The number of rotatable bonds is 4. The molecule has 1 aromatic carbocycles. The van der Waals surface area contributed by atoms with E-state index >= 15 is 0 Å². The fourth-order valence-electron chi connectivity index (χ4n) is 1.33. The van der Waals surface area contributed by atoms with Crippen LogP contribution in [0, 0.1) is 0 Å². The predicted molar refractivity (Wildman–Crippen MR) is 69.1 cm³/mol. The fraction of sp³-hybridized carbons (Fsp3) is 0.182. The Morgan fingerprint density at radius 3 is 3.06 bits per heavy atom. The second-order valence-corrected chi connectivity index (χ2v) is 5.28. The van der Waals surface area contributed by atoms with E-state index in [1.54, 1.807) is 30.2 Å². The molecule has 0 aliphatic carbocycles. The number of aromatic nitrogens is 1. The summed E-state index contributed by atoms with van der Waals surface area (Å²) in [6, 6.07) is 5.68. The first-order valence-electron chi connectivity index (χ1n) is 4.74. The summed E-state index contributed by atoms with van der Waals surface area (Å²) < 4.78 is 6.34. The first-order chi connectivity index (χ1) is 7.79. The second kappa shape index (κ2) is 5.23. The summed E-state index contributed by atoms with van der Waals surface area (Å²) in [5.74, 6) is 1.69. The van der Waals surface area contributed by atoms with Crippen LogP contribution >= 0.6 is 23.1 Å². The number of hydrogen-bond donors (Lipinski definition) is 1. The Kier molecular flexibility index (Phi) is 3.69. The summed E-state index contributed by atoms with van der Waals surface area (Å²) >= 11 is 3.33. The Morgan fingerprint density at radius 1 is 1.50 bits per heavy atom. The van der Waals surface area contributed by atoms with Crippen molar-refractivity contribution in [3.05, 3.63) is 35.3 Å². The molecule has 3 nitrogen and oxygen atoms in total. The highest BCUT2D eigenvalue weighted by Crippen LogP contribution is 2.30. The average Bonchev–Trinajstić information content (AvgIpc) is 2.79. The van der Waals surface area contributed by atoms with Gasteiger partial charge in [-0.15, -0.1) is 11.3 Å². The molecule has 0 aliphatic heterocycles. The van der Waals surface area contributed by atoms with E-state index in [0.29, 0.717) is 0 Å². The third kappa shape index (κ3) is 2.68. The molecule has 0 atom stereocenters. The molecule has 0 spiro atoms. The highest BCUT2D eigenvalue weighted by molar-refractivity contribution is 8.00. The molecule has 5 heteroatoms. The predicted octanol–water partition coefficient (Wildman–Crippen LogP) is 3.03. The second-order valence-electron chi connectivity index (χ2n) is 3.16. The summed E-state index contributed by atoms with van der Waals surface area (Å²) in [6.45, 7) is 0. The van der Waals surface area contributed by atoms with E-state index in [-0.39, 0.29) is 0 Å². The molecule has 0 aliphatic rings. The molecule has 84 valence electrons. The zero-order valence-corrected chi connectivity index (χ0v) is 10.5. The maximum atomic E-state index is 5.75. The maximum absolute atomic E-state index is 5.75. The normalized spacial score (nSPS) is 10.3. The Hall–Kier alpha value is -1.20. The lowest BCUT2D eigenvalue weighted by Gasteiger charge is -2.08. The summed E-state index contributed by atoms with van der Waals surface area (Å²) in [5.41, 5.74) is 7.61. The van der Waals surface area contributed by atoms with E-state index < -0.39 is 0 Å². The number of nitrogens with two attached hydrogens (primary N) is 1. The van der Waals surface area contributed by atoms with Crippen LogP contribution in [-0.4, -0.2) is 12.1 Å². The van der Waals surface area contributed by atoms with Crippen LogP contribution < -0.4 is 10.5 Å². The Morgan fingerprint density at radius 2 is 2.38 bits per heavy atom. The molecule has 2 N–H and O–H groups in total. The van der Waals surface area contributed by atoms with Gasteiger partial charge in [-0.3, -0.25) is 0 Å². The maximum Gasteiger partial charge on any atom is 0.150 e. The minimum absolute atomic E-state index is 0.760. The summed E-state index contributed by atoms with van der Waals surface area (Å²) in [4.78, 5) is 4.22. The number of benzene rings is 1. The Balaban J connectivity index is 2.11. The first kappa shape index (κ1) is 11.3. The first-order valence-corrected chi connectivity index (χ1v) is 6.61. The molecule has 0 bridgehead atoms. The van der Waals surface area contributed by atoms with E-state index in [9.17, 15) is 0 Å². The van der Waals surface area contributed by atoms with Gasteiger partial charge in [-0.05, 0) is 18.2 Å². The minimum atomic E-state index is 0.760. The third-order valence-electron chi connectivity index (χ3n) is 2.07. The minimum Gasteiger partial charge on any atom is -0.496 e. The third-order valence-corrected chi connectivity index (χ3v) is 4.08. The number of nitrogen functional groups attached to an aromatic ring is 1. The summed E-state index contributed by atoms with van der Waals surface area (Å²) in [6.07, 6.45) is 1.81. The highest BCUT2D eigenvalue weighted by Gasteiger charge is 2.05. The van der Waals surface area contributed by atoms with Crippen LogP contribution in [0.2, 0.25) is 0 Å². The lowest BCUT2D eigenvalue weighted by Crippen LogP contribution is -1.93. The average molecular weight is 252 g/mol. The van der Waals surface area contributed by atoms with E-state index in [1.807, 2.05) is 29.8 Å². The fourth-order valence-corrected chi connectivity index (χ4v) is 2.95. The van der Waals surface area contributed by atoms with Crippen LogP contribution in [-0.2, 0) is 5.75 Å². The summed E-state index contributed by atoms with van der Waals surface area (Å²) in [5, 5.41) is 1.97. The van der Waals surface area contributed by atoms with Crippen molar-refractivity contribution in [1.29, 1.82) is 0 Å². The van der Waals surface area contributed by atoms with Crippen molar-refractivity contribution in [3.8, 4) is 5.75 Å². The van der Waals surface area contributed by atoms with Gasteiger partial charge < -0.3 is 10.5 Å². The molecule has 1 aromatic heterocycles. The van der Waals surface area contributed by atoms with Crippen LogP contribution in [0.4, 0.5) is 5.69 Å². The van der Waals surface area contributed by atoms with Crippen molar-refractivity contribution in [2.45, 2.75) is 10.1 Å². The molecule has 0 saturated heterocycles. The van der Waals surface area contributed by atoms with Gasteiger partial charge in [-0.2, -0.15) is 0 Å². The molecular weight excluding hydrogens is 240 g/mol. The van der Waals surface area contributed by atoms with E-state index in [2.05, 4.69) is 4.98 Å². The molecular formula is C11H12N2OS2. The molecule has 0 radical (unpaired) electrons. The van der Waals surface area contributed by atoms with Crippen LogP contribution in [0.15, 0.2) is 34.1 Å². The number of hydrogen-bond acceptors (Lipinski definition) is 5. The monoisotopic (exact) mass is 252 g/mol. The van der Waals surface area contributed by atoms with Crippen LogP contribution in [0.3, 0.4) is 0 Å². The van der Waals surface area contributed by atoms with Gasteiger partial charge in [0.25, 0.3) is 0 Å². The van der Waals surface area contributed by atoms with Gasteiger partial charge in [0.1, 0.15) is 10.1 Å². The SMILES string of the molecule is COc1ccc(N)cc1CSc1nccs1. The lowest BCUT2D eigenvalue weighted by molar-refractivity contribution is 0.411. The smallest absolute Gasteiger partial charge is 0.150 e. The largest absolute Gasteiger partial charge is 0.496 e. The van der Waals surface area contributed by atoms with Crippen molar-refractivity contribution >= 4 is 28.8 Å². The lowest BCUT2D eigenvalue weighted by atomic mass is 10.2. The van der Waals surface area contributed by atoms with Crippen LogP contribution in [0.1, 0.15) is 5.56 Å². The van der Waals surface area contributed by atoms with Gasteiger partial charge in [0.05, 0.1) is 7.11 Å². The molecule has 0 saturated carbocycles. The van der Waals surface area contributed by atoms with Crippen LogP contribution in [0.5, 0.6) is 5.75 Å². The zero-order valence-electron chi connectivity index (χ0n) is 8.84. The van der Waals surface area contributed by atoms with Gasteiger partial charge in [-0.1, -0.05) is 11.8 Å². The quantitative estimate of drug-likeness (QED) is 0.671. The summed E-state index contributed by atoms with van der Waals surface area (Å²) in [7, 11) is 1.67. The number of thiazole rings is 1. The Bertz CT molecular complexity index is 457. The number of methoxy groups -OCH3 is 1. The van der Waals surface area contributed by atoms with Gasteiger partial charge >= 0.3 is 0 Å². The van der Waals surface area contributed by atoms with E-state index in [4.69, 9.17) is 10.5 Å². The standard InChI is InChI=1S/C11H12N2OS2/c1-14-10-3-2-9(12)6-8(10)7-16-11-13-4-5-15-11/h2-6H,7,12H2,1H3. The topological polar surface area (TPSA) is 48.1 Å². The molecule has 2 aromatic rings.